The number of hydrogen-bond acceptors (Lipinski definition) is 2. The maximum Gasteiger partial charge on any atom is 0.130 e. The Morgan fingerprint density at radius 1 is 1.38 bits per heavy atom. The number of rotatable bonds is 3. The third-order valence-electron chi connectivity index (χ3n) is 2.71. The Morgan fingerprint density at radius 2 is 2.06 bits per heavy atom. The third kappa shape index (κ3) is 1.96. The van der Waals surface area contributed by atoms with Gasteiger partial charge in [-0.2, -0.15) is 5.10 Å². The summed E-state index contributed by atoms with van der Waals surface area (Å²) in [4.78, 5) is 0. The van der Waals surface area contributed by atoms with Gasteiger partial charge in [-0.3, -0.25) is 4.68 Å². The van der Waals surface area contributed by atoms with Gasteiger partial charge in [-0.1, -0.05) is 41.9 Å². The first-order chi connectivity index (χ1) is 7.74. The minimum Gasteiger partial charge on any atom is -0.330 e. The summed E-state index contributed by atoms with van der Waals surface area (Å²) < 4.78 is 1.66. The number of aryl methyl sites for hydroxylation is 1. The van der Waals surface area contributed by atoms with E-state index in [1.54, 1.807) is 10.9 Å². The van der Waals surface area contributed by atoms with E-state index < -0.39 is 0 Å². The van der Waals surface area contributed by atoms with Gasteiger partial charge in [0.2, 0.25) is 0 Å². The van der Waals surface area contributed by atoms with E-state index in [0.717, 1.165) is 5.56 Å². The number of benzene rings is 1. The van der Waals surface area contributed by atoms with Crippen molar-refractivity contribution >= 4 is 11.6 Å². The van der Waals surface area contributed by atoms with Crippen LogP contribution in [0.5, 0.6) is 0 Å². The number of halogens is 1. The summed E-state index contributed by atoms with van der Waals surface area (Å²) in [6.07, 6.45) is 1.78. The molecule has 2 N–H and O–H groups in total. The van der Waals surface area contributed by atoms with Crippen LogP contribution in [0.3, 0.4) is 0 Å². The van der Waals surface area contributed by atoms with Crippen molar-refractivity contribution in [2.75, 3.05) is 6.54 Å². The van der Waals surface area contributed by atoms with Gasteiger partial charge < -0.3 is 5.73 Å². The zero-order valence-electron chi connectivity index (χ0n) is 9.10. The molecule has 3 nitrogen and oxygen atoms in total. The monoisotopic (exact) mass is 235 g/mol. The minimum atomic E-state index is 0.113. The molecule has 0 saturated heterocycles. The Kier molecular flexibility index (Phi) is 3.27. The standard InChI is InChI=1S/C12H14ClN3/c1-16-12(13)11(8-15-16)10(7-14)9-5-3-2-4-6-9/h2-6,8,10H,7,14H2,1H3. The molecule has 0 spiro atoms. The van der Waals surface area contributed by atoms with Crippen LogP contribution in [0.15, 0.2) is 36.5 Å². The maximum atomic E-state index is 6.18. The first kappa shape index (κ1) is 11.2. The van der Waals surface area contributed by atoms with Crippen molar-refractivity contribution in [1.82, 2.24) is 9.78 Å². The molecule has 16 heavy (non-hydrogen) atoms. The molecule has 84 valence electrons. The van der Waals surface area contributed by atoms with E-state index in [9.17, 15) is 0 Å². The molecule has 4 heteroatoms. The number of hydrogen-bond donors (Lipinski definition) is 1. The lowest BCUT2D eigenvalue weighted by Crippen LogP contribution is -2.13. The number of nitrogens with zero attached hydrogens (tertiary/aromatic N) is 2. The predicted octanol–water partition coefficient (Wildman–Crippen LogP) is 2.16. The molecule has 1 atom stereocenters. The summed E-state index contributed by atoms with van der Waals surface area (Å²) in [5.74, 6) is 0.113. The van der Waals surface area contributed by atoms with Crippen LogP contribution < -0.4 is 5.73 Å². The third-order valence-corrected chi connectivity index (χ3v) is 3.17. The van der Waals surface area contributed by atoms with Crippen molar-refractivity contribution in [1.29, 1.82) is 0 Å². The van der Waals surface area contributed by atoms with Crippen molar-refractivity contribution in [3.63, 3.8) is 0 Å². The van der Waals surface area contributed by atoms with Gasteiger partial charge in [0.05, 0.1) is 6.20 Å². The zero-order valence-corrected chi connectivity index (χ0v) is 9.85. The smallest absolute Gasteiger partial charge is 0.130 e. The SMILES string of the molecule is Cn1ncc(C(CN)c2ccccc2)c1Cl. The van der Waals surface area contributed by atoms with E-state index in [2.05, 4.69) is 17.2 Å². The topological polar surface area (TPSA) is 43.8 Å². The average molecular weight is 236 g/mol. The highest BCUT2D eigenvalue weighted by Gasteiger charge is 2.18. The Labute approximate surface area is 99.8 Å². The predicted molar refractivity (Wildman–Crippen MR) is 65.6 cm³/mol. The molecule has 0 aliphatic heterocycles. The lowest BCUT2D eigenvalue weighted by Gasteiger charge is -2.14. The molecule has 0 bridgehead atoms. The van der Waals surface area contributed by atoms with Crippen molar-refractivity contribution < 1.29 is 0 Å². The Bertz CT molecular complexity index is 464. The summed E-state index contributed by atoms with van der Waals surface area (Å²) in [6, 6.07) is 10.1. The maximum absolute atomic E-state index is 6.18. The van der Waals surface area contributed by atoms with Crippen molar-refractivity contribution in [3.05, 3.63) is 52.8 Å². The van der Waals surface area contributed by atoms with E-state index in [1.165, 1.54) is 5.56 Å². The molecule has 1 aromatic carbocycles. The van der Waals surface area contributed by atoms with Gasteiger partial charge >= 0.3 is 0 Å². The Morgan fingerprint density at radius 3 is 2.56 bits per heavy atom. The molecule has 1 aromatic heterocycles. The van der Waals surface area contributed by atoms with Crippen molar-refractivity contribution in [2.24, 2.45) is 12.8 Å². The summed E-state index contributed by atoms with van der Waals surface area (Å²) in [7, 11) is 1.82. The second-order valence-electron chi connectivity index (χ2n) is 3.71. The van der Waals surface area contributed by atoms with Crippen LogP contribution in [0.25, 0.3) is 0 Å². The molecule has 0 aliphatic rings. The van der Waals surface area contributed by atoms with Crippen LogP contribution in [0.1, 0.15) is 17.0 Å². The second kappa shape index (κ2) is 4.68. The van der Waals surface area contributed by atoms with Gasteiger partial charge in [-0.15, -0.1) is 0 Å². The lowest BCUT2D eigenvalue weighted by atomic mass is 9.94. The fraction of sp³-hybridized carbons (Fsp3) is 0.250. The highest BCUT2D eigenvalue weighted by molar-refractivity contribution is 6.30. The van der Waals surface area contributed by atoms with Crippen LogP contribution >= 0.6 is 11.6 Å². The molecular formula is C12H14ClN3. The molecule has 0 saturated carbocycles. The van der Waals surface area contributed by atoms with Crippen molar-refractivity contribution in [2.45, 2.75) is 5.92 Å². The summed E-state index contributed by atoms with van der Waals surface area (Å²) in [5, 5.41) is 4.79. The van der Waals surface area contributed by atoms with Gasteiger partial charge in [0.25, 0.3) is 0 Å². The van der Waals surface area contributed by atoms with E-state index in [1.807, 2.05) is 25.2 Å². The van der Waals surface area contributed by atoms with Gasteiger partial charge in [0.1, 0.15) is 5.15 Å². The van der Waals surface area contributed by atoms with E-state index in [-0.39, 0.29) is 5.92 Å². The molecule has 0 radical (unpaired) electrons. The molecule has 0 fully saturated rings. The molecule has 2 aromatic rings. The Balaban J connectivity index is 2.41. The quantitative estimate of drug-likeness (QED) is 0.886. The fourth-order valence-electron chi connectivity index (χ4n) is 1.80. The fourth-order valence-corrected chi connectivity index (χ4v) is 2.03. The molecular weight excluding hydrogens is 222 g/mol. The summed E-state index contributed by atoms with van der Waals surface area (Å²) >= 11 is 6.18. The van der Waals surface area contributed by atoms with Gasteiger partial charge in [0.15, 0.2) is 0 Å². The van der Waals surface area contributed by atoms with Crippen LogP contribution in [-0.2, 0) is 7.05 Å². The lowest BCUT2D eigenvalue weighted by molar-refractivity contribution is 0.764. The molecule has 1 unspecified atom stereocenters. The molecule has 0 amide bonds. The van der Waals surface area contributed by atoms with Crippen LogP contribution in [0.2, 0.25) is 5.15 Å². The first-order valence-corrected chi connectivity index (χ1v) is 5.54. The summed E-state index contributed by atoms with van der Waals surface area (Å²) in [6.45, 7) is 0.523. The van der Waals surface area contributed by atoms with Gasteiger partial charge in [0, 0.05) is 25.1 Å². The van der Waals surface area contributed by atoms with Crippen LogP contribution in [0.4, 0.5) is 0 Å². The average Bonchev–Trinajstić information content (AvgIpc) is 2.64. The number of aromatic nitrogens is 2. The highest BCUT2D eigenvalue weighted by atomic mass is 35.5. The van der Waals surface area contributed by atoms with E-state index in [0.29, 0.717) is 11.7 Å². The Hall–Kier alpha value is -1.32. The zero-order chi connectivity index (χ0) is 11.5. The molecule has 0 aliphatic carbocycles. The van der Waals surface area contributed by atoms with Gasteiger partial charge in [-0.05, 0) is 5.56 Å². The van der Waals surface area contributed by atoms with Gasteiger partial charge in [-0.25, -0.2) is 0 Å². The van der Waals surface area contributed by atoms with Crippen LogP contribution in [-0.4, -0.2) is 16.3 Å². The van der Waals surface area contributed by atoms with Crippen molar-refractivity contribution in [3.8, 4) is 0 Å². The van der Waals surface area contributed by atoms with Crippen LogP contribution in [0, 0.1) is 0 Å². The summed E-state index contributed by atoms with van der Waals surface area (Å²) in [5.41, 5.74) is 7.97. The second-order valence-corrected chi connectivity index (χ2v) is 4.07. The largest absolute Gasteiger partial charge is 0.330 e. The number of nitrogens with two attached hydrogens (primary N) is 1. The minimum absolute atomic E-state index is 0.113. The van der Waals surface area contributed by atoms with E-state index >= 15 is 0 Å². The normalized spacial score (nSPS) is 12.7. The van der Waals surface area contributed by atoms with E-state index in [4.69, 9.17) is 17.3 Å². The highest BCUT2D eigenvalue weighted by Crippen LogP contribution is 2.28. The first-order valence-electron chi connectivity index (χ1n) is 5.16. The molecule has 1 heterocycles. The molecule has 2 rings (SSSR count).